The minimum Gasteiger partial charge on any atom is -0.497 e. The molecule has 0 aliphatic rings. The van der Waals surface area contributed by atoms with E-state index >= 15 is 0 Å². The molecule has 0 aliphatic carbocycles. The van der Waals surface area contributed by atoms with Crippen molar-refractivity contribution >= 4 is 23.2 Å². The van der Waals surface area contributed by atoms with Crippen molar-refractivity contribution < 1.29 is 14.3 Å². The highest BCUT2D eigenvalue weighted by atomic mass is 35.5. The fraction of sp³-hybridized carbons (Fsp3) is 0.100. The molecule has 2 aromatic carbocycles. The Morgan fingerprint density at radius 3 is 2.15 bits per heavy atom. The third kappa shape index (κ3) is 4.30. The largest absolute Gasteiger partial charge is 0.497 e. The van der Waals surface area contributed by atoms with Gasteiger partial charge in [-0.3, -0.25) is 9.59 Å². The molecule has 0 radical (unpaired) electrons. The van der Waals surface area contributed by atoms with Crippen molar-refractivity contribution in [2.75, 3.05) is 19.5 Å². The molecule has 7 heteroatoms. The lowest BCUT2D eigenvalue weighted by Gasteiger charge is -2.10. The van der Waals surface area contributed by atoms with Gasteiger partial charge in [-0.15, -0.1) is 0 Å². The zero-order valence-corrected chi connectivity index (χ0v) is 15.5. The van der Waals surface area contributed by atoms with Gasteiger partial charge in [0, 0.05) is 34.6 Å². The second kappa shape index (κ2) is 7.97. The highest BCUT2D eigenvalue weighted by Crippen LogP contribution is 2.26. The van der Waals surface area contributed by atoms with Crippen molar-refractivity contribution in [2.24, 2.45) is 0 Å². The van der Waals surface area contributed by atoms with E-state index in [1.807, 2.05) is 0 Å². The Bertz CT molecular complexity index is 1010. The van der Waals surface area contributed by atoms with Gasteiger partial charge in [-0.05, 0) is 29.8 Å². The van der Waals surface area contributed by atoms with Gasteiger partial charge in [0.25, 0.3) is 11.5 Å². The van der Waals surface area contributed by atoms with Crippen molar-refractivity contribution in [3.63, 3.8) is 0 Å². The quantitative estimate of drug-likeness (QED) is 0.697. The summed E-state index contributed by atoms with van der Waals surface area (Å²) in [5.74, 6) is 0.516. The van der Waals surface area contributed by atoms with Crippen LogP contribution in [0.25, 0.3) is 11.3 Å². The predicted molar refractivity (Wildman–Crippen MR) is 105 cm³/mol. The molecule has 0 spiro atoms. The maximum Gasteiger partial charge on any atom is 0.261 e. The number of carbonyl (C=O) groups is 1. The molecule has 3 rings (SSSR count). The molecule has 0 fully saturated rings. The van der Waals surface area contributed by atoms with E-state index in [4.69, 9.17) is 21.1 Å². The molecule has 0 saturated heterocycles. The van der Waals surface area contributed by atoms with Crippen LogP contribution in [0, 0.1) is 0 Å². The van der Waals surface area contributed by atoms with Gasteiger partial charge in [0.2, 0.25) is 0 Å². The van der Waals surface area contributed by atoms with Gasteiger partial charge in [0.15, 0.2) is 0 Å². The van der Waals surface area contributed by atoms with E-state index in [1.54, 1.807) is 48.5 Å². The summed E-state index contributed by atoms with van der Waals surface area (Å²) in [7, 11) is 3.03. The first-order valence-electron chi connectivity index (χ1n) is 8.04. The van der Waals surface area contributed by atoms with Crippen LogP contribution >= 0.6 is 11.6 Å². The Hall–Kier alpha value is -3.25. The number of aromatic amines is 1. The number of hydrogen-bond donors (Lipinski definition) is 2. The maximum atomic E-state index is 12.5. The number of carbonyl (C=O) groups excluding carboxylic acids is 1. The molecule has 1 heterocycles. The van der Waals surface area contributed by atoms with Crippen LogP contribution < -0.4 is 20.3 Å². The Balaban J connectivity index is 1.85. The fourth-order valence-electron chi connectivity index (χ4n) is 2.53. The third-order valence-electron chi connectivity index (χ3n) is 3.92. The number of rotatable bonds is 5. The summed E-state index contributed by atoms with van der Waals surface area (Å²) < 4.78 is 10.3. The van der Waals surface area contributed by atoms with E-state index in [9.17, 15) is 9.59 Å². The second-order valence-corrected chi connectivity index (χ2v) is 6.11. The van der Waals surface area contributed by atoms with Crippen molar-refractivity contribution in [1.82, 2.24) is 4.98 Å². The van der Waals surface area contributed by atoms with Crippen LogP contribution in [0.15, 0.2) is 59.4 Å². The molecule has 138 valence electrons. The molecule has 6 nitrogen and oxygen atoms in total. The number of halogens is 1. The maximum absolute atomic E-state index is 12.5. The number of aromatic nitrogens is 1. The average molecular weight is 385 g/mol. The molecule has 0 unspecified atom stereocenters. The zero-order chi connectivity index (χ0) is 19.4. The zero-order valence-electron chi connectivity index (χ0n) is 14.7. The standard InChI is InChI=1S/C20H17ClN2O4/c1-26-15-9-14(10-16(11-15)27-2)22-19(24)17-7-8-18(23-20(17)25)12-3-5-13(21)6-4-12/h3-11H,1-2H3,(H,22,24)(H,23,25). The summed E-state index contributed by atoms with van der Waals surface area (Å²) in [4.78, 5) is 27.6. The van der Waals surface area contributed by atoms with E-state index in [1.165, 1.54) is 20.3 Å². The second-order valence-electron chi connectivity index (χ2n) is 5.68. The van der Waals surface area contributed by atoms with E-state index < -0.39 is 11.5 Å². The van der Waals surface area contributed by atoms with Crippen LogP contribution in [-0.2, 0) is 0 Å². The molecule has 1 aromatic heterocycles. The SMILES string of the molecule is COc1cc(NC(=O)c2ccc(-c3ccc(Cl)cc3)[nH]c2=O)cc(OC)c1. The van der Waals surface area contributed by atoms with Crippen LogP contribution in [0.2, 0.25) is 5.02 Å². The molecule has 2 N–H and O–H groups in total. The summed E-state index contributed by atoms with van der Waals surface area (Å²) >= 11 is 5.87. The number of nitrogens with one attached hydrogen (secondary N) is 2. The van der Waals surface area contributed by atoms with Gasteiger partial charge in [0.05, 0.1) is 14.2 Å². The van der Waals surface area contributed by atoms with Crippen LogP contribution in [0.4, 0.5) is 5.69 Å². The smallest absolute Gasteiger partial charge is 0.261 e. The van der Waals surface area contributed by atoms with Crippen LogP contribution in [-0.4, -0.2) is 25.1 Å². The van der Waals surface area contributed by atoms with E-state index in [0.717, 1.165) is 5.56 Å². The summed E-state index contributed by atoms with van der Waals surface area (Å²) in [5, 5.41) is 3.28. The lowest BCUT2D eigenvalue weighted by Crippen LogP contribution is -2.23. The lowest BCUT2D eigenvalue weighted by molar-refractivity contribution is 0.102. The van der Waals surface area contributed by atoms with Crippen LogP contribution in [0.3, 0.4) is 0 Å². The molecular weight excluding hydrogens is 368 g/mol. The van der Waals surface area contributed by atoms with Crippen LogP contribution in [0.5, 0.6) is 11.5 Å². The van der Waals surface area contributed by atoms with Gasteiger partial charge in [-0.2, -0.15) is 0 Å². The minimum atomic E-state index is -0.533. The summed E-state index contributed by atoms with van der Waals surface area (Å²) in [5.41, 5.74) is 1.35. The monoisotopic (exact) mass is 384 g/mol. The van der Waals surface area contributed by atoms with Gasteiger partial charge < -0.3 is 19.8 Å². The Morgan fingerprint density at radius 1 is 0.963 bits per heavy atom. The van der Waals surface area contributed by atoms with Crippen molar-refractivity contribution in [3.8, 4) is 22.8 Å². The molecule has 27 heavy (non-hydrogen) atoms. The Morgan fingerprint density at radius 2 is 1.59 bits per heavy atom. The van der Waals surface area contributed by atoms with Gasteiger partial charge >= 0.3 is 0 Å². The van der Waals surface area contributed by atoms with Crippen molar-refractivity contribution in [1.29, 1.82) is 0 Å². The van der Waals surface area contributed by atoms with Gasteiger partial charge in [0.1, 0.15) is 17.1 Å². The number of H-pyrrole nitrogens is 1. The number of ether oxygens (including phenoxy) is 2. The topological polar surface area (TPSA) is 80.4 Å². The van der Waals surface area contributed by atoms with Gasteiger partial charge in [-0.1, -0.05) is 23.7 Å². The van der Waals surface area contributed by atoms with E-state index in [0.29, 0.717) is 27.9 Å². The summed E-state index contributed by atoms with van der Waals surface area (Å²) in [6.45, 7) is 0. The molecule has 3 aromatic rings. The average Bonchev–Trinajstić information content (AvgIpc) is 2.68. The number of anilines is 1. The number of methoxy groups -OCH3 is 2. The molecule has 0 aliphatic heterocycles. The van der Waals surface area contributed by atoms with Gasteiger partial charge in [-0.25, -0.2) is 0 Å². The number of amides is 1. The van der Waals surface area contributed by atoms with E-state index in [2.05, 4.69) is 10.3 Å². The molecule has 1 amide bonds. The minimum absolute atomic E-state index is 0.00509. The Labute approximate surface area is 160 Å². The third-order valence-corrected chi connectivity index (χ3v) is 4.17. The van der Waals surface area contributed by atoms with E-state index in [-0.39, 0.29) is 5.56 Å². The van der Waals surface area contributed by atoms with Crippen LogP contribution in [0.1, 0.15) is 10.4 Å². The highest BCUT2D eigenvalue weighted by molar-refractivity contribution is 6.30. The molecule has 0 saturated carbocycles. The molecule has 0 bridgehead atoms. The summed E-state index contributed by atoms with van der Waals surface area (Å²) in [6, 6.07) is 15.1. The van der Waals surface area contributed by atoms with Crippen molar-refractivity contribution in [2.45, 2.75) is 0 Å². The van der Waals surface area contributed by atoms with Crippen molar-refractivity contribution in [3.05, 3.63) is 75.5 Å². The Kier molecular flexibility index (Phi) is 5.47. The predicted octanol–water partition coefficient (Wildman–Crippen LogP) is 3.96. The number of pyridine rings is 1. The highest BCUT2D eigenvalue weighted by Gasteiger charge is 2.13. The summed E-state index contributed by atoms with van der Waals surface area (Å²) in [6.07, 6.45) is 0. The first kappa shape index (κ1) is 18.5. The fourth-order valence-corrected chi connectivity index (χ4v) is 2.65. The number of hydrogen-bond acceptors (Lipinski definition) is 4. The normalized spacial score (nSPS) is 10.3. The molecule has 0 atom stereocenters. The number of benzene rings is 2. The molecular formula is C20H17ClN2O4. The first-order valence-corrected chi connectivity index (χ1v) is 8.41. The first-order chi connectivity index (χ1) is 13.0. The lowest BCUT2D eigenvalue weighted by atomic mass is 10.1.